The van der Waals surface area contributed by atoms with Gasteiger partial charge in [-0.3, -0.25) is 0 Å². The van der Waals surface area contributed by atoms with Gasteiger partial charge in [0.25, 0.3) is 0 Å². The standard InChI is InChI=1S/C30H41BFN3O3/c1-22(2)13-18-35(26-9-11-28(12-10-26)38-20-24-5-7-25(32)8-6-24)27-14-16-34(17-15-27)30(36)29(19-23(3)4)33-21-31-37/h5-12,21-23,27,29H,13-20H2,1-4H3/t29-/m0/s1. The van der Waals surface area contributed by atoms with Crippen LogP contribution in [0.2, 0.25) is 0 Å². The summed E-state index contributed by atoms with van der Waals surface area (Å²) in [6.45, 7) is 11.3. The number of hydrogen-bond acceptors (Lipinski definition) is 5. The van der Waals surface area contributed by atoms with E-state index in [4.69, 9.17) is 4.74 Å². The monoisotopic (exact) mass is 521 g/mol. The zero-order chi connectivity index (χ0) is 27.5. The molecule has 0 unspecified atom stereocenters. The van der Waals surface area contributed by atoms with Crippen molar-refractivity contribution in [2.45, 2.75) is 72.1 Å². The van der Waals surface area contributed by atoms with E-state index >= 15 is 0 Å². The van der Waals surface area contributed by atoms with Gasteiger partial charge in [-0.15, -0.1) is 0 Å². The van der Waals surface area contributed by atoms with Crippen molar-refractivity contribution in [1.82, 2.24) is 4.90 Å². The fourth-order valence-corrected chi connectivity index (χ4v) is 4.82. The second-order valence-corrected chi connectivity index (χ2v) is 10.9. The molecule has 0 N–H and O–H groups in total. The molecule has 1 atom stereocenters. The van der Waals surface area contributed by atoms with E-state index in [1.807, 2.05) is 17.0 Å². The zero-order valence-electron chi connectivity index (χ0n) is 23.2. The van der Waals surface area contributed by atoms with E-state index in [1.54, 1.807) is 12.1 Å². The topological polar surface area (TPSA) is 62.2 Å². The first kappa shape index (κ1) is 29.5. The van der Waals surface area contributed by atoms with E-state index in [2.05, 4.69) is 49.7 Å². The normalized spacial score (nSPS) is 15.2. The Kier molecular flexibility index (Phi) is 11.5. The number of halogens is 1. The van der Waals surface area contributed by atoms with Crippen LogP contribution in [0.5, 0.6) is 5.75 Å². The molecule has 1 amide bonds. The number of likely N-dealkylation sites (tertiary alicyclic amines) is 1. The average molecular weight is 521 g/mol. The Hall–Kier alpha value is -3.03. The van der Waals surface area contributed by atoms with Crippen molar-refractivity contribution in [3.05, 3.63) is 59.9 Å². The van der Waals surface area contributed by atoms with Crippen molar-refractivity contribution < 1.29 is 18.6 Å². The Bertz CT molecular complexity index is 1040. The van der Waals surface area contributed by atoms with Gasteiger partial charge in [0.2, 0.25) is 0 Å². The number of anilines is 1. The van der Waals surface area contributed by atoms with Gasteiger partial charge in [0.1, 0.15) is 18.2 Å². The number of aliphatic imine (C=N–C) groups is 1. The molecule has 1 saturated heterocycles. The van der Waals surface area contributed by atoms with E-state index in [9.17, 15) is 13.9 Å². The third-order valence-corrected chi connectivity index (χ3v) is 6.96. The van der Waals surface area contributed by atoms with Crippen molar-refractivity contribution in [1.29, 1.82) is 0 Å². The molecule has 2 aromatic carbocycles. The Labute approximate surface area is 227 Å². The van der Waals surface area contributed by atoms with Gasteiger partial charge in [-0.2, -0.15) is 0 Å². The van der Waals surface area contributed by atoms with Crippen LogP contribution in [0.3, 0.4) is 0 Å². The first-order valence-corrected chi connectivity index (χ1v) is 13.8. The minimum absolute atomic E-state index is 0.0200. The summed E-state index contributed by atoms with van der Waals surface area (Å²) in [5.74, 6) is 1.45. The molecule has 0 radical (unpaired) electrons. The summed E-state index contributed by atoms with van der Waals surface area (Å²) < 4.78 is 29.8. The second-order valence-electron chi connectivity index (χ2n) is 10.9. The molecule has 0 aromatic heterocycles. The number of amides is 1. The van der Waals surface area contributed by atoms with Gasteiger partial charge < -0.3 is 4.74 Å². The number of benzene rings is 2. The molecule has 0 spiro atoms. The maximum absolute atomic E-state index is 13.2. The van der Waals surface area contributed by atoms with Gasteiger partial charge in [-0.1, -0.05) is 26.0 Å². The molecule has 3 rings (SSSR count). The second kappa shape index (κ2) is 14.8. The SMILES string of the molecule is CC(C)CCN(c1ccc(OCc2ccc(F)cc2)cc1)C1CCN(C(=O)[C@H](CC(C)C)N=CB=O)CC1. The van der Waals surface area contributed by atoms with Gasteiger partial charge in [0.15, 0.2) is 0 Å². The Morgan fingerprint density at radius 1 is 1.08 bits per heavy atom. The van der Waals surface area contributed by atoms with Crippen molar-refractivity contribution in [3.63, 3.8) is 0 Å². The molecule has 1 fully saturated rings. The quantitative estimate of drug-likeness (QED) is 0.249. The van der Waals surface area contributed by atoms with E-state index < -0.39 is 6.04 Å². The van der Waals surface area contributed by atoms with Crippen molar-refractivity contribution in [3.8, 4) is 5.75 Å². The van der Waals surface area contributed by atoms with Crippen LogP contribution < -0.4 is 9.64 Å². The van der Waals surface area contributed by atoms with Crippen LogP contribution in [0.15, 0.2) is 53.5 Å². The Morgan fingerprint density at radius 3 is 2.32 bits per heavy atom. The molecule has 8 heteroatoms. The van der Waals surface area contributed by atoms with Gasteiger partial charge in [-0.05, 0) is 17.7 Å². The third-order valence-electron chi connectivity index (χ3n) is 6.96. The molecule has 204 valence electrons. The number of hydrogen-bond donors (Lipinski definition) is 0. The maximum atomic E-state index is 13.2. The van der Waals surface area contributed by atoms with E-state index in [0.717, 1.165) is 42.8 Å². The molecule has 1 aliphatic rings. The number of carbonyl (C=O) groups is 1. The minimum atomic E-state index is -0.490. The summed E-state index contributed by atoms with van der Waals surface area (Å²) in [5.41, 5.74) is 2.07. The van der Waals surface area contributed by atoms with E-state index in [1.165, 1.54) is 18.2 Å². The van der Waals surface area contributed by atoms with Crippen LogP contribution >= 0.6 is 0 Å². The molecule has 1 heterocycles. The number of carbonyl (C=O) groups excluding carboxylic acids is 1. The average Bonchev–Trinajstić information content (AvgIpc) is 2.91. The van der Waals surface area contributed by atoms with E-state index in [-0.39, 0.29) is 11.7 Å². The molecule has 0 saturated carbocycles. The summed E-state index contributed by atoms with van der Waals surface area (Å²) in [4.78, 5) is 21.8. The number of nitrogens with zero attached hydrogens (tertiary/aromatic N) is 3. The zero-order valence-corrected chi connectivity index (χ0v) is 23.2. The van der Waals surface area contributed by atoms with Crippen LogP contribution in [-0.2, 0) is 16.1 Å². The van der Waals surface area contributed by atoms with E-state index in [0.29, 0.717) is 51.1 Å². The van der Waals surface area contributed by atoms with Crippen molar-refractivity contribution >= 4 is 24.9 Å². The number of ether oxygens (including phenoxy) is 1. The fraction of sp³-hybridized carbons (Fsp3) is 0.533. The van der Waals surface area contributed by atoms with Crippen molar-refractivity contribution in [2.24, 2.45) is 16.8 Å². The molecule has 0 aliphatic carbocycles. The van der Waals surface area contributed by atoms with Crippen LogP contribution in [0, 0.1) is 17.7 Å². The third kappa shape index (κ3) is 9.07. The summed E-state index contributed by atoms with van der Waals surface area (Å²) in [6, 6.07) is 14.4. The summed E-state index contributed by atoms with van der Waals surface area (Å²) >= 11 is 0. The molecular weight excluding hydrogens is 480 g/mol. The molecule has 0 bridgehead atoms. The predicted molar refractivity (Wildman–Crippen MR) is 152 cm³/mol. The summed E-state index contributed by atoms with van der Waals surface area (Å²) in [5, 5.41) is 0. The van der Waals surface area contributed by atoms with Crippen molar-refractivity contribution in [2.75, 3.05) is 24.5 Å². The van der Waals surface area contributed by atoms with Gasteiger partial charge in [0, 0.05) is 0 Å². The molecular formula is C30H41BFN3O3. The van der Waals surface area contributed by atoms with Gasteiger partial charge in [-0.25, -0.2) is 4.39 Å². The summed E-state index contributed by atoms with van der Waals surface area (Å²) in [7, 11) is 0.637. The molecule has 6 nitrogen and oxygen atoms in total. The molecule has 38 heavy (non-hydrogen) atoms. The van der Waals surface area contributed by atoms with Crippen LogP contribution in [0.4, 0.5) is 10.1 Å². The van der Waals surface area contributed by atoms with Crippen LogP contribution in [-0.4, -0.2) is 55.8 Å². The fourth-order valence-electron chi connectivity index (χ4n) is 4.82. The first-order chi connectivity index (χ1) is 18.3. The number of piperidine rings is 1. The van der Waals surface area contributed by atoms with Gasteiger partial charge >= 0.3 is 156 Å². The molecule has 2 aromatic rings. The summed E-state index contributed by atoms with van der Waals surface area (Å²) in [6.07, 6.45) is 4.70. The predicted octanol–water partition coefficient (Wildman–Crippen LogP) is 5.74. The van der Waals surface area contributed by atoms with Gasteiger partial charge in [0.05, 0.1) is 0 Å². The number of rotatable bonds is 13. The molecule has 1 aliphatic heterocycles. The van der Waals surface area contributed by atoms with Crippen LogP contribution in [0.25, 0.3) is 0 Å². The van der Waals surface area contributed by atoms with Crippen LogP contribution in [0.1, 0.15) is 58.9 Å². The first-order valence-electron chi connectivity index (χ1n) is 13.8. The Morgan fingerprint density at radius 2 is 1.74 bits per heavy atom. The Balaban J connectivity index is 1.63.